The lowest BCUT2D eigenvalue weighted by atomic mass is 9.95. The zero-order chi connectivity index (χ0) is 23.5. The van der Waals surface area contributed by atoms with E-state index in [9.17, 15) is 14.7 Å². The second-order valence-corrected chi connectivity index (χ2v) is 8.26. The molecule has 0 aliphatic carbocycles. The summed E-state index contributed by atoms with van der Waals surface area (Å²) in [5.41, 5.74) is 1.68. The summed E-state index contributed by atoms with van der Waals surface area (Å²) >= 11 is 12.3. The minimum atomic E-state index is -0.812. The number of aliphatic hydroxyl groups excluding tert-OH is 1. The molecule has 1 aliphatic rings. The molecule has 0 spiro atoms. The molecule has 1 aromatic heterocycles. The molecule has 0 bridgehead atoms. The van der Waals surface area contributed by atoms with Crippen LogP contribution in [0.5, 0.6) is 5.75 Å². The van der Waals surface area contributed by atoms with Gasteiger partial charge < -0.3 is 14.7 Å². The van der Waals surface area contributed by atoms with Gasteiger partial charge in [0, 0.05) is 29.5 Å². The van der Waals surface area contributed by atoms with Crippen LogP contribution >= 0.6 is 23.2 Å². The summed E-state index contributed by atoms with van der Waals surface area (Å²) < 4.78 is 5.44. The van der Waals surface area contributed by atoms with Crippen molar-refractivity contribution in [3.8, 4) is 5.75 Å². The van der Waals surface area contributed by atoms with Gasteiger partial charge in [0.15, 0.2) is 0 Å². The van der Waals surface area contributed by atoms with Crippen molar-refractivity contribution in [2.75, 3.05) is 6.61 Å². The first kappa shape index (κ1) is 22.8. The van der Waals surface area contributed by atoms with Crippen LogP contribution in [-0.2, 0) is 16.1 Å². The summed E-state index contributed by atoms with van der Waals surface area (Å²) in [5, 5.41) is 12.0. The topological polar surface area (TPSA) is 79.7 Å². The maximum Gasteiger partial charge on any atom is 0.295 e. The Morgan fingerprint density at radius 3 is 2.52 bits per heavy atom. The van der Waals surface area contributed by atoms with Gasteiger partial charge in [-0.05, 0) is 54.4 Å². The molecule has 4 rings (SSSR count). The van der Waals surface area contributed by atoms with Gasteiger partial charge in [0.05, 0.1) is 23.2 Å². The molecule has 1 fully saturated rings. The number of likely N-dealkylation sites (tertiary alicyclic amines) is 1. The summed E-state index contributed by atoms with van der Waals surface area (Å²) in [4.78, 5) is 31.7. The Kier molecular flexibility index (Phi) is 6.67. The van der Waals surface area contributed by atoms with Crippen molar-refractivity contribution in [2.24, 2.45) is 0 Å². The Labute approximate surface area is 201 Å². The molecular formula is C25H20Cl2N2O4. The third-order valence-electron chi connectivity index (χ3n) is 5.31. The molecular weight excluding hydrogens is 463 g/mol. The van der Waals surface area contributed by atoms with Gasteiger partial charge in [0.25, 0.3) is 11.7 Å². The number of aliphatic hydroxyl groups is 1. The zero-order valence-electron chi connectivity index (χ0n) is 17.7. The maximum atomic E-state index is 13.1. The fraction of sp³-hybridized carbons (Fsp3) is 0.160. The molecule has 1 amide bonds. The van der Waals surface area contributed by atoms with Crippen LogP contribution in [0.3, 0.4) is 0 Å². The number of halogens is 2. The highest BCUT2D eigenvalue weighted by molar-refractivity contribution is 6.46. The molecule has 0 unspecified atom stereocenters. The normalized spacial score (nSPS) is 17.4. The average Bonchev–Trinajstić information content (AvgIpc) is 3.06. The van der Waals surface area contributed by atoms with E-state index in [4.69, 9.17) is 27.9 Å². The SMILES string of the molecule is CCOc1ccc(/C(O)=C2\C(=O)C(=O)N(Cc3cccnc3)[C@H]2c2ccc(Cl)cc2)cc1Cl. The largest absolute Gasteiger partial charge is 0.507 e. The molecule has 1 saturated heterocycles. The Morgan fingerprint density at radius 2 is 1.88 bits per heavy atom. The van der Waals surface area contributed by atoms with E-state index >= 15 is 0 Å². The molecule has 0 saturated carbocycles. The fourth-order valence-electron chi connectivity index (χ4n) is 3.80. The van der Waals surface area contributed by atoms with E-state index in [1.807, 2.05) is 13.0 Å². The Morgan fingerprint density at radius 1 is 1.12 bits per heavy atom. The number of aromatic nitrogens is 1. The molecule has 168 valence electrons. The van der Waals surface area contributed by atoms with E-state index < -0.39 is 17.7 Å². The van der Waals surface area contributed by atoms with E-state index in [0.29, 0.717) is 28.5 Å². The lowest BCUT2D eigenvalue weighted by Gasteiger charge is -2.25. The van der Waals surface area contributed by atoms with Crippen molar-refractivity contribution in [3.05, 3.63) is 99.3 Å². The molecule has 1 aliphatic heterocycles. The third kappa shape index (κ3) is 4.58. The fourth-order valence-corrected chi connectivity index (χ4v) is 4.16. The number of nitrogens with zero attached hydrogens (tertiary/aromatic N) is 2. The Hall–Kier alpha value is -3.35. The van der Waals surface area contributed by atoms with Crippen LogP contribution in [0.15, 0.2) is 72.6 Å². The number of amides is 1. The zero-order valence-corrected chi connectivity index (χ0v) is 19.2. The van der Waals surface area contributed by atoms with Crippen molar-refractivity contribution in [2.45, 2.75) is 19.5 Å². The second-order valence-electron chi connectivity index (χ2n) is 7.42. The van der Waals surface area contributed by atoms with Crippen molar-refractivity contribution in [1.82, 2.24) is 9.88 Å². The van der Waals surface area contributed by atoms with Crippen LogP contribution in [-0.4, -0.2) is 33.3 Å². The van der Waals surface area contributed by atoms with Crippen LogP contribution in [0.25, 0.3) is 5.76 Å². The number of pyridine rings is 1. The number of ether oxygens (including phenoxy) is 1. The van der Waals surface area contributed by atoms with Crippen molar-refractivity contribution >= 4 is 40.7 Å². The summed E-state index contributed by atoms with van der Waals surface area (Å²) in [6.45, 7) is 2.41. The third-order valence-corrected chi connectivity index (χ3v) is 5.85. The predicted molar refractivity (Wildman–Crippen MR) is 126 cm³/mol. The average molecular weight is 483 g/mol. The van der Waals surface area contributed by atoms with E-state index in [-0.39, 0.29) is 22.9 Å². The van der Waals surface area contributed by atoms with Crippen LogP contribution < -0.4 is 4.74 Å². The van der Waals surface area contributed by atoms with Crippen molar-refractivity contribution in [1.29, 1.82) is 0 Å². The van der Waals surface area contributed by atoms with E-state index in [2.05, 4.69) is 4.98 Å². The molecule has 0 radical (unpaired) electrons. The van der Waals surface area contributed by atoms with Gasteiger partial charge in [-0.2, -0.15) is 0 Å². The van der Waals surface area contributed by atoms with Crippen LogP contribution in [0, 0.1) is 0 Å². The van der Waals surface area contributed by atoms with Gasteiger partial charge in [-0.25, -0.2) is 0 Å². The minimum Gasteiger partial charge on any atom is -0.507 e. The summed E-state index contributed by atoms with van der Waals surface area (Å²) in [5.74, 6) is -1.34. The van der Waals surface area contributed by atoms with Gasteiger partial charge in [0.2, 0.25) is 0 Å². The van der Waals surface area contributed by atoms with Gasteiger partial charge in [-0.3, -0.25) is 14.6 Å². The monoisotopic (exact) mass is 482 g/mol. The van der Waals surface area contributed by atoms with Gasteiger partial charge in [-0.15, -0.1) is 0 Å². The number of benzene rings is 2. The van der Waals surface area contributed by atoms with E-state index in [0.717, 1.165) is 5.56 Å². The standard InChI is InChI=1S/C25H20Cl2N2O4/c1-2-33-20-10-7-17(12-19(20)27)23(30)21-22(16-5-8-18(26)9-6-16)29(25(32)24(21)31)14-15-4-3-11-28-13-15/h3-13,22,30H,2,14H2,1H3/b23-21+/t22-/m0/s1. The molecule has 1 N–H and O–H groups in total. The van der Waals surface area contributed by atoms with Gasteiger partial charge >= 0.3 is 0 Å². The Bertz CT molecular complexity index is 1230. The van der Waals surface area contributed by atoms with E-state index in [1.54, 1.807) is 54.9 Å². The number of ketones is 1. The Balaban J connectivity index is 1.84. The van der Waals surface area contributed by atoms with Crippen LogP contribution in [0.2, 0.25) is 10.0 Å². The second kappa shape index (κ2) is 9.65. The van der Waals surface area contributed by atoms with Crippen molar-refractivity contribution in [3.63, 3.8) is 0 Å². The molecule has 3 aromatic rings. The highest BCUT2D eigenvalue weighted by atomic mass is 35.5. The highest BCUT2D eigenvalue weighted by Gasteiger charge is 2.46. The molecule has 6 nitrogen and oxygen atoms in total. The first-order valence-electron chi connectivity index (χ1n) is 10.3. The quantitative estimate of drug-likeness (QED) is 0.288. The first-order chi connectivity index (χ1) is 15.9. The number of Topliss-reactive ketones (excluding diaryl/α,β-unsaturated/α-hetero) is 1. The maximum absolute atomic E-state index is 13.1. The predicted octanol–water partition coefficient (Wildman–Crippen LogP) is 5.41. The lowest BCUT2D eigenvalue weighted by Crippen LogP contribution is -2.29. The highest BCUT2D eigenvalue weighted by Crippen LogP contribution is 2.41. The summed E-state index contributed by atoms with van der Waals surface area (Å²) in [7, 11) is 0. The molecule has 33 heavy (non-hydrogen) atoms. The number of carbonyl (C=O) groups excluding carboxylic acids is 2. The minimum absolute atomic E-state index is 0.0218. The van der Waals surface area contributed by atoms with Crippen LogP contribution in [0.1, 0.15) is 29.7 Å². The molecule has 8 heteroatoms. The number of hydrogen-bond acceptors (Lipinski definition) is 5. The number of hydrogen-bond donors (Lipinski definition) is 1. The summed E-state index contributed by atoms with van der Waals surface area (Å²) in [6.07, 6.45) is 3.26. The van der Waals surface area contributed by atoms with Crippen molar-refractivity contribution < 1.29 is 19.4 Å². The molecule has 2 heterocycles. The first-order valence-corrected chi connectivity index (χ1v) is 11.0. The summed E-state index contributed by atoms with van der Waals surface area (Å²) in [6, 6.07) is 14.3. The molecule has 2 aromatic carbocycles. The smallest absolute Gasteiger partial charge is 0.295 e. The lowest BCUT2D eigenvalue weighted by molar-refractivity contribution is -0.140. The number of carbonyl (C=O) groups is 2. The number of rotatable bonds is 6. The molecule has 1 atom stereocenters. The van der Waals surface area contributed by atoms with Gasteiger partial charge in [0.1, 0.15) is 11.5 Å². The van der Waals surface area contributed by atoms with Crippen LogP contribution in [0.4, 0.5) is 0 Å². The van der Waals surface area contributed by atoms with Gasteiger partial charge in [-0.1, -0.05) is 41.4 Å². The van der Waals surface area contributed by atoms with E-state index in [1.165, 1.54) is 11.0 Å².